The van der Waals surface area contributed by atoms with Gasteiger partial charge in [-0.05, 0) is 31.8 Å². The van der Waals surface area contributed by atoms with Gasteiger partial charge in [0.05, 0.1) is 0 Å². The summed E-state index contributed by atoms with van der Waals surface area (Å²) >= 11 is 0. The first-order chi connectivity index (χ1) is 14.0. The van der Waals surface area contributed by atoms with Crippen LogP contribution in [0.15, 0.2) is 30.4 Å². The van der Waals surface area contributed by atoms with Crippen LogP contribution in [0.3, 0.4) is 0 Å². The van der Waals surface area contributed by atoms with Crippen LogP contribution < -0.4 is 0 Å². The van der Waals surface area contributed by atoms with E-state index in [9.17, 15) is 0 Å². The Kier molecular flexibility index (Phi) is 20.3. The van der Waals surface area contributed by atoms with E-state index >= 15 is 0 Å². The van der Waals surface area contributed by atoms with Crippen LogP contribution in [-0.4, -0.2) is 0 Å². The lowest BCUT2D eigenvalue weighted by atomic mass is 10.0. The molecule has 0 nitrogen and oxygen atoms in total. The lowest BCUT2D eigenvalue weighted by Crippen LogP contribution is -1.84. The SMILES string of the molecule is [C]1=C/C=C\C=C/CCCCCCCCCCCCCCCCCCCCCC/1. The molecule has 0 bridgehead atoms. The van der Waals surface area contributed by atoms with Crippen molar-refractivity contribution in [1.82, 2.24) is 0 Å². The van der Waals surface area contributed by atoms with Crippen LogP contribution in [0.2, 0.25) is 0 Å². The van der Waals surface area contributed by atoms with E-state index in [-0.39, 0.29) is 0 Å². The molecule has 28 heavy (non-hydrogen) atoms. The average molecular weight is 386 g/mol. The first-order valence-electron chi connectivity index (χ1n) is 12.9. The molecule has 0 heteroatoms. The second-order valence-corrected chi connectivity index (χ2v) is 8.79. The van der Waals surface area contributed by atoms with Crippen LogP contribution >= 0.6 is 0 Å². The Hall–Kier alpha value is -0.780. The van der Waals surface area contributed by atoms with E-state index in [1.165, 1.54) is 135 Å². The molecule has 0 atom stereocenters. The fourth-order valence-electron chi connectivity index (χ4n) is 4.12. The Morgan fingerprint density at radius 3 is 1.21 bits per heavy atom. The fourth-order valence-corrected chi connectivity index (χ4v) is 4.12. The number of rotatable bonds is 0. The number of hydrogen-bond acceptors (Lipinski definition) is 0. The smallest absolute Gasteiger partial charge is 0.0276 e. The molecule has 0 aromatic rings. The zero-order valence-corrected chi connectivity index (χ0v) is 18.9. The van der Waals surface area contributed by atoms with E-state index in [0.717, 1.165) is 6.42 Å². The normalized spacial score (nSPS) is 25.7. The maximum absolute atomic E-state index is 3.41. The van der Waals surface area contributed by atoms with Gasteiger partial charge in [-0.1, -0.05) is 146 Å². The molecule has 0 unspecified atom stereocenters. The average Bonchev–Trinajstić information content (AvgIpc) is 2.71. The molecule has 1 aliphatic carbocycles. The Labute approximate surface area is 178 Å². The monoisotopic (exact) mass is 385 g/mol. The van der Waals surface area contributed by atoms with Crippen LogP contribution in [0.5, 0.6) is 0 Å². The predicted molar refractivity (Wildman–Crippen MR) is 128 cm³/mol. The van der Waals surface area contributed by atoms with E-state index in [1.54, 1.807) is 0 Å². The zero-order valence-electron chi connectivity index (χ0n) is 18.9. The second kappa shape index (κ2) is 22.5. The summed E-state index contributed by atoms with van der Waals surface area (Å²) in [6.07, 6.45) is 45.5. The lowest BCUT2D eigenvalue weighted by Gasteiger charge is -2.04. The molecular formula is C28H49. The topological polar surface area (TPSA) is 0 Å². The zero-order chi connectivity index (χ0) is 19.8. The summed E-state index contributed by atoms with van der Waals surface area (Å²) in [5.41, 5.74) is 0. The summed E-state index contributed by atoms with van der Waals surface area (Å²) in [5, 5.41) is 0. The highest BCUT2D eigenvalue weighted by Crippen LogP contribution is 2.15. The van der Waals surface area contributed by atoms with E-state index in [1.807, 2.05) is 0 Å². The summed E-state index contributed by atoms with van der Waals surface area (Å²) in [6.45, 7) is 0. The Morgan fingerprint density at radius 2 is 0.750 bits per heavy atom. The van der Waals surface area contributed by atoms with Gasteiger partial charge in [-0.25, -0.2) is 0 Å². The van der Waals surface area contributed by atoms with E-state index in [4.69, 9.17) is 0 Å². The second-order valence-electron chi connectivity index (χ2n) is 8.79. The van der Waals surface area contributed by atoms with Gasteiger partial charge in [0.25, 0.3) is 0 Å². The molecule has 161 valence electrons. The van der Waals surface area contributed by atoms with Crippen molar-refractivity contribution >= 4 is 0 Å². The molecule has 0 amide bonds. The molecule has 0 N–H and O–H groups in total. The third-order valence-corrected chi connectivity index (χ3v) is 6.01. The van der Waals surface area contributed by atoms with Gasteiger partial charge in [0.1, 0.15) is 0 Å². The quantitative estimate of drug-likeness (QED) is 0.389. The summed E-state index contributed by atoms with van der Waals surface area (Å²) in [7, 11) is 0. The van der Waals surface area contributed by atoms with E-state index < -0.39 is 0 Å². The Bertz CT molecular complexity index is 337. The summed E-state index contributed by atoms with van der Waals surface area (Å²) in [5.74, 6) is 0. The van der Waals surface area contributed by atoms with Crippen molar-refractivity contribution in [2.75, 3.05) is 0 Å². The van der Waals surface area contributed by atoms with Crippen molar-refractivity contribution in [2.45, 2.75) is 141 Å². The van der Waals surface area contributed by atoms with Crippen LogP contribution in [0, 0.1) is 6.08 Å². The molecule has 0 heterocycles. The number of allylic oxidation sites excluding steroid dienone is 6. The molecule has 0 aromatic heterocycles. The van der Waals surface area contributed by atoms with Crippen molar-refractivity contribution in [1.29, 1.82) is 0 Å². The van der Waals surface area contributed by atoms with Crippen LogP contribution in [-0.2, 0) is 0 Å². The minimum Gasteiger partial charge on any atom is -0.0845 e. The maximum atomic E-state index is 3.41. The third kappa shape index (κ3) is 20.0. The van der Waals surface area contributed by atoms with Crippen molar-refractivity contribution < 1.29 is 0 Å². The van der Waals surface area contributed by atoms with Crippen molar-refractivity contribution in [2.24, 2.45) is 0 Å². The van der Waals surface area contributed by atoms with Gasteiger partial charge in [0, 0.05) is 0 Å². The molecule has 0 spiro atoms. The summed E-state index contributed by atoms with van der Waals surface area (Å²) < 4.78 is 0. The molecule has 0 fully saturated rings. The van der Waals surface area contributed by atoms with Gasteiger partial charge in [-0.2, -0.15) is 0 Å². The maximum Gasteiger partial charge on any atom is -0.0276 e. The van der Waals surface area contributed by atoms with Crippen molar-refractivity contribution in [3.05, 3.63) is 36.5 Å². The van der Waals surface area contributed by atoms with Gasteiger partial charge in [-0.15, -0.1) is 0 Å². The van der Waals surface area contributed by atoms with Crippen molar-refractivity contribution in [3.8, 4) is 0 Å². The molecule has 0 aromatic carbocycles. The molecule has 1 radical (unpaired) electrons. The molecule has 1 aliphatic rings. The van der Waals surface area contributed by atoms with Gasteiger partial charge in [0.2, 0.25) is 0 Å². The largest absolute Gasteiger partial charge is 0.0845 e. The van der Waals surface area contributed by atoms with Crippen molar-refractivity contribution in [3.63, 3.8) is 0 Å². The third-order valence-electron chi connectivity index (χ3n) is 6.01. The fraction of sp³-hybridized carbons (Fsp3) is 0.786. The minimum atomic E-state index is 1.12. The highest BCUT2D eigenvalue weighted by atomic mass is 14.0. The Balaban J connectivity index is 2.12. The molecule has 0 saturated heterocycles. The standard InChI is InChI=1S/C28H49/c1-2-4-6-8-10-12-14-16-18-20-22-24-26-28-27-25-23-21-19-17-15-13-11-9-7-5-3-1/h1-5H,6,8-28H2/b3-1-,4-2-,7-5?. The minimum absolute atomic E-state index is 1.12. The molecule has 0 aliphatic heterocycles. The highest BCUT2D eigenvalue weighted by molar-refractivity contribution is 5.09. The van der Waals surface area contributed by atoms with Gasteiger partial charge in [0.15, 0.2) is 0 Å². The summed E-state index contributed by atoms with van der Waals surface area (Å²) in [6, 6.07) is 0. The highest BCUT2D eigenvalue weighted by Gasteiger charge is 1.95. The van der Waals surface area contributed by atoms with Crippen LogP contribution in [0.25, 0.3) is 0 Å². The lowest BCUT2D eigenvalue weighted by molar-refractivity contribution is 0.521. The van der Waals surface area contributed by atoms with Crippen LogP contribution in [0.4, 0.5) is 0 Å². The molecule has 0 saturated carbocycles. The number of hydrogen-bond donors (Lipinski definition) is 0. The van der Waals surface area contributed by atoms with Crippen LogP contribution in [0.1, 0.15) is 141 Å². The predicted octanol–water partition coefficient (Wildman–Crippen LogP) is 10.1. The first-order valence-corrected chi connectivity index (χ1v) is 12.9. The van der Waals surface area contributed by atoms with E-state index in [0.29, 0.717) is 0 Å². The molecule has 1 rings (SSSR count). The summed E-state index contributed by atoms with van der Waals surface area (Å²) in [4.78, 5) is 0. The molecular weight excluding hydrogens is 336 g/mol. The van der Waals surface area contributed by atoms with Gasteiger partial charge < -0.3 is 0 Å². The Morgan fingerprint density at radius 1 is 0.357 bits per heavy atom. The first kappa shape index (κ1) is 25.3. The van der Waals surface area contributed by atoms with Gasteiger partial charge in [-0.3, -0.25) is 0 Å². The van der Waals surface area contributed by atoms with Gasteiger partial charge >= 0.3 is 0 Å². The van der Waals surface area contributed by atoms with E-state index in [2.05, 4.69) is 36.5 Å².